The molecule has 0 fully saturated rings. The maximum absolute atomic E-state index is 13.0. The smallest absolute Gasteiger partial charge is 0.272 e. The number of amides is 1. The molecule has 1 heterocycles. The number of aromatic nitrogens is 2. The molecule has 0 saturated carbocycles. The second kappa shape index (κ2) is 11.8. The Morgan fingerprint density at radius 2 is 1.59 bits per heavy atom. The Morgan fingerprint density at radius 1 is 0.919 bits per heavy atom. The summed E-state index contributed by atoms with van der Waals surface area (Å²) in [6, 6.07) is 21.9. The van der Waals surface area contributed by atoms with Crippen LogP contribution in [0.15, 0.2) is 88.6 Å². The van der Waals surface area contributed by atoms with Crippen LogP contribution < -0.4 is 20.9 Å². The molecule has 37 heavy (non-hydrogen) atoms. The quantitative estimate of drug-likeness (QED) is 0.225. The maximum atomic E-state index is 13.0. The van der Waals surface area contributed by atoms with Crippen molar-refractivity contribution in [3.63, 3.8) is 0 Å². The molecule has 3 aromatic carbocycles. The van der Waals surface area contributed by atoms with Gasteiger partial charge in [0.15, 0.2) is 5.82 Å². The average Bonchev–Trinajstić information content (AvgIpc) is 2.90. The van der Waals surface area contributed by atoms with Crippen molar-refractivity contribution < 1.29 is 13.2 Å². The highest BCUT2D eigenvalue weighted by molar-refractivity contribution is 7.89. The predicted molar refractivity (Wildman–Crippen MR) is 144 cm³/mol. The van der Waals surface area contributed by atoms with Crippen LogP contribution in [-0.2, 0) is 21.2 Å². The van der Waals surface area contributed by atoms with Gasteiger partial charge in [0.25, 0.3) is 5.56 Å². The Hall–Kier alpha value is -4.02. The van der Waals surface area contributed by atoms with Crippen LogP contribution in [0.1, 0.15) is 17.5 Å². The fourth-order valence-corrected chi connectivity index (χ4v) is 5.09. The van der Waals surface area contributed by atoms with Gasteiger partial charge in [-0.3, -0.25) is 9.59 Å². The summed E-state index contributed by atoms with van der Waals surface area (Å²) in [5, 5.41) is 13.8. The van der Waals surface area contributed by atoms with Gasteiger partial charge in [-0.25, -0.2) is 13.5 Å². The highest BCUT2D eigenvalue weighted by atomic mass is 32.2. The summed E-state index contributed by atoms with van der Waals surface area (Å²) in [6.07, 6.45) is 0.771. The van der Waals surface area contributed by atoms with E-state index in [0.717, 1.165) is 11.1 Å². The Kier molecular flexibility index (Phi) is 8.32. The summed E-state index contributed by atoms with van der Waals surface area (Å²) in [4.78, 5) is 25.1. The van der Waals surface area contributed by atoms with Crippen molar-refractivity contribution >= 4 is 32.5 Å². The number of carbonyl (C=O) groups is 1. The van der Waals surface area contributed by atoms with Crippen molar-refractivity contribution in [1.82, 2.24) is 20.2 Å². The van der Waals surface area contributed by atoms with E-state index in [4.69, 9.17) is 0 Å². The van der Waals surface area contributed by atoms with E-state index in [2.05, 4.69) is 25.6 Å². The van der Waals surface area contributed by atoms with Gasteiger partial charge in [-0.2, -0.15) is 9.82 Å². The monoisotopic (exact) mass is 519 g/mol. The molecule has 0 radical (unpaired) electrons. The largest absolute Gasteiger partial charge is 0.368 e. The van der Waals surface area contributed by atoms with Crippen LogP contribution in [-0.4, -0.2) is 43.7 Å². The number of anilines is 1. The van der Waals surface area contributed by atoms with E-state index in [1.807, 2.05) is 49.4 Å². The van der Waals surface area contributed by atoms with Crippen molar-refractivity contribution in [3.05, 3.63) is 100 Å². The first-order valence-electron chi connectivity index (χ1n) is 12.0. The standard InChI is InChI=1S/C27H29N5O4S/c1-19-12-14-21(15-13-19)37(35,36)32-24(18-20-8-3-2-4-9-20)27(34)29-17-7-16-28-25-22-10-5-6-11-23(22)26(33)31-30-25/h2-6,8-15,24,32H,7,16-18H2,1H3,(H,28,30)(H,29,34)(H,31,33)/t24-/m1/s1. The van der Waals surface area contributed by atoms with Crippen LogP contribution in [0.25, 0.3) is 10.8 Å². The number of aryl methyl sites for hydroxylation is 1. The number of hydrogen-bond acceptors (Lipinski definition) is 6. The van der Waals surface area contributed by atoms with Crippen LogP contribution in [0.5, 0.6) is 0 Å². The zero-order valence-electron chi connectivity index (χ0n) is 20.4. The number of benzene rings is 3. The van der Waals surface area contributed by atoms with E-state index in [1.54, 1.807) is 24.3 Å². The zero-order chi connectivity index (χ0) is 26.3. The Bertz CT molecular complexity index is 1520. The normalized spacial score (nSPS) is 12.2. The summed E-state index contributed by atoms with van der Waals surface area (Å²) >= 11 is 0. The lowest BCUT2D eigenvalue weighted by Gasteiger charge is -2.19. The first-order valence-corrected chi connectivity index (χ1v) is 13.4. The van der Waals surface area contributed by atoms with E-state index in [9.17, 15) is 18.0 Å². The second-order valence-electron chi connectivity index (χ2n) is 8.69. The van der Waals surface area contributed by atoms with E-state index >= 15 is 0 Å². The topological polar surface area (TPSA) is 133 Å². The molecule has 192 valence electrons. The predicted octanol–water partition coefficient (Wildman–Crippen LogP) is 2.74. The molecule has 0 aliphatic rings. The molecule has 4 aromatic rings. The van der Waals surface area contributed by atoms with E-state index in [0.29, 0.717) is 36.1 Å². The summed E-state index contributed by atoms with van der Waals surface area (Å²) in [5.41, 5.74) is 1.52. The van der Waals surface area contributed by atoms with Crippen LogP contribution in [0, 0.1) is 6.92 Å². The molecule has 0 aliphatic carbocycles. The minimum absolute atomic E-state index is 0.105. The number of carbonyl (C=O) groups excluding carboxylic acids is 1. The molecule has 0 unspecified atom stereocenters. The first kappa shape index (κ1) is 26.1. The summed E-state index contributed by atoms with van der Waals surface area (Å²) in [5.74, 6) is 0.140. The highest BCUT2D eigenvalue weighted by Gasteiger charge is 2.26. The minimum Gasteiger partial charge on any atom is -0.368 e. The molecule has 0 spiro atoms. The fourth-order valence-electron chi connectivity index (χ4n) is 3.89. The third-order valence-electron chi connectivity index (χ3n) is 5.87. The summed E-state index contributed by atoms with van der Waals surface area (Å²) < 4.78 is 28.5. The van der Waals surface area contributed by atoms with Crippen LogP contribution in [0.2, 0.25) is 0 Å². The highest BCUT2D eigenvalue weighted by Crippen LogP contribution is 2.16. The van der Waals surface area contributed by atoms with E-state index in [-0.39, 0.29) is 16.9 Å². The van der Waals surface area contributed by atoms with Gasteiger partial charge in [-0.05, 0) is 43.5 Å². The van der Waals surface area contributed by atoms with Crippen LogP contribution >= 0.6 is 0 Å². The number of sulfonamides is 1. The number of nitrogens with one attached hydrogen (secondary N) is 4. The lowest BCUT2D eigenvalue weighted by atomic mass is 10.1. The molecule has 1 amide bonds. The Labute approximate surface area is 215 Å². The van der Waals surface area contributed by atoms with Gasteiger partial charge in [0.2, 0.25) is 15.9 Å². The first-order chi connectivity index (χ1) is 17.8. The molecule has 0 aliphatic heterocycles. The Balaban J connectivity index is 1.37. The molecule has 4 N–H and O–H groups in total. The van der Waals surface area contributed by atoms with Gasteiger partial charge in [0, 0.05) is 18.5 Å². The molecule has 4 rings (SSSR count). The van der Waals surface area contributed by atoms with Crippen LogP contribution in [0.3, 0.4) is 0 Å². The molecule has 10 heteroatoms. The zero-order valence-corrected chi connectivity index (χ0v) is 21.2. The van der Waals surface area contributed by atoms with Crippen molar-refractivity contribution in [3.8, 4) is 0 Å². The summed E-state index contributed by atoms with van der Waals surface area (Å²) in [7, 11) is -3.90. The number of fused-ring (bicyclic) bond motifs is 1. The fraction of sp³-hybridized carbons (Fsp3) is 0.222. The van der Waals surface area contributed by atoms with Gasteiger partial charge in [-0.15, -0.1) is 0 Å². The van der Waals surface area contributed by atoms with Crippen molar-refractivity contribution in [1.29, 1.82) is 0 Å². The SMILES string of the molecule is Cc1ccc(S(=O)(=O)N[C@H](Cc2ccccc2)C(=O)NCCCNc2n[nH]c(=O)c3ccccc23)cc1. The minimum atomic E-state index is -3.90. The van der Waals surface area contributed by atoms with Gasteiger partial charge >= 0.3 is 0 Å². The lowest BCUT2D eigenvalue weighted by molar-refractivity contribution is -0.122. The number of H-pyrrole nitrogens is 1. The second-order valence-corrected chi connectivity index (χ2v) is 10.4. The molecule has 0 bridgehead atoms. The number of aromatic amines is 1. The molecule has 1 aromatic heterocycles. The summed E-state index contributed by atoms with van der Waals surface area (Å²) in [6.45, 7) is 2.69. The van der Waals surface area contributed by atoms with Crippen molar-refractivity contribution in [2.24, 2.45) is 0 Å². The van der Waals surface area contributed by atoms with E-state index < -0.39 is 22.0 Å². The van der Waals surface area contributed by atoms with Crippen molar-refractivity contribution in [2.45, 2.75) is 30.7 Å². The molecule has 0 saturated heterocycles. The maximum Gasteiger partial charge on any atom is 0.272 e. The lowest BCUT2D eigenvalue weighted by Crippen LogP contribution is -2.48. The average molecular weight is 520 g/mol. The molecule has 9 nitrogen and oxygen atoms in total. The van der Waals surface area contributed by atoms with Gasteiger partial charge in [-0.1, -0.05) is 66.2 Å². The third kappa shape index (κ3) is 6.81. The number of hydrogen-bond donors (Lipinski definition) is 4. The van der Waals surface area contributed by atoms with Gasteiger partial charge in [0.1, 0.15) is 6.04 Å². The molecule has 1 atom stereocenters. The van der Waals surface area contributed by atoms with E-state index in [1.165, 1.54) is 12.1 Å². The van der Waals surface area contributed by atoms with Gasteiger partial charge in [0.05, 0.1) is 10.3 Å². The third-order valence-corrected chi connectivity index (χ3v) is 7.36. The molecular weight excluding hydrogens is 490 g/mol. The van der Waals surface area contributed by atoms with Crippen LogP contribution in [0.4, 0.5) is 5.82 Å². The van der Waals surface area contributed by atoms with Crippen molar-refractivity contribution in [2.75, 3.05) is 18.4 Å². The number of nitrogens with zero attached hydrogens (tertiary/aromatic N) is 1. The molecular formula is C27H29N5O4S. The van der Waals surface area contributed by atoms with Gasteiger partial charge < -0.3 is 10.6 Å². The Morgan fingerprint density at radius 3 is 2.32 bits per heavy atom. The number of rotatable bonds is 11.